The van der Waals surface area contributed by atoms with E-state index >= 15 is 0 Å². The Hall–Kier alpha value is -3.03. The number of piperazine rings is 1. The topological polar surface area (TPSA) is 70.6 Å². The lowest BCUT2D eigenvalue weighted by molar-refractivity contribution is 0.208. The Morgan fingerprint density at radius 1 is 1.00 bits per heavy atom. The van der Waals surface area contributed by atoms with E-state index in [-0.39, 0.29) is 6.03 Å². The van der Waals surface area contributed by atoms with Crippen molar-refractivity contribution in [2.75, 3.05) is 43.0 Å². The van der Waals surface area contributed by atoms with E-state index in [1.165, 1.54) is 0 Å². The molecule has 1 aliphatic heterocycles. The van der Waals surface area contributed by atoms with Gasteiger partial charge in [0.2, 0.25) is 0 Å². The Balaban J connectivity index is 1.33. The molecule has 4 rings (SSSR count). The number of hydrogen-bond donors (Lipinski definition) is 1. The quantitative estimate of drug-likeness (QED) is 0.553. The number of benzene rings is 2. The maximum Gasteiger partial charge on any atom is 0.322 e. The van der Waals surface area contributed by atoms with E-state index in [1.807, 2.05) is 43.3 Å². The van der Waals surface area contributed by atoms with Crippen LogP contribution < -0.4 is 15.0 Å². The SMILES string of the molecule is CCOc1ccc(-c2ccc(N3CCN(C(=O)Nc4cc(Cl)ccc4Cl)CC3)nn2)cc1. The molecule has 2 aromatic carbocycles. The Morgan fingerprint density at radius 2 is 1.75 bits per heavy atom. The molecule has 7 nitrogen and oxygen atoms in total. The number of hydrogen-bond acceptors (Lipinski definition) is 5. The first-order chi connectivity index (χ1) is 15.5. The number of nitrogens with zero attached hydrogens (tertiary/aromatic N) is 4. The molecule has 3 aromatic rings. The minimum atomic E-state index is -0.203. The molecule has 0 saturated carbocycles. The molecule has 1 saturated heterocycles. The van der Waals surface area contributed by atoms with Gasteiger partial charge in [-0.1, -0.05) is 23.2 Å². The summed E-state index contributed by atoms with van der Waals surface area (Å²) in [7, 11) is 0. The minimum Gasteiger partial charge on any atom is -0.494 e. The molecule has 9 heteroatoms. The van der Waals surface area contributed by atoms with E-state index in [1.54, 1.807) is 23.1 Å². The fourth-order valence-electron chi connectivity index (χ4n) is 3.46. The molecule has 1 aromatic heterocycles. The van der Waals surface area contributed by atoms with Gasteiger partial charge >= 0.3 is 6.03 Å². The summed E-state index contributed by atoms with van der Waals surface area (Å²) in [5.74, 6) is 1.62. The molecule has 0 spiro atoms. The van der Waals surface area contributed by atoms with Crippen LogP contribution in [-0.2, 0) is 0 Å². The van der Waals surface area contributed by atoms with Gasteiger partial charge in [-0.15, -0.1) is 10.2 Å². The molecular formula is C23H23Cl2N5O2. The van der Waals surface area contributed by atoms with Crippen molar-refractivity contribution < 1.29 is 9.53 Å². The first-order valence-electron chi connectivity index (χ1n) is 10.4. The Bertz CT molecular complexity index is 1070. The zero-order valence-electron chi connectivity index (χ0n) is 17.6. The summed E-state index contributed by atoms with van der Waals surface area (Å²) >= 11 is 12.1. The molecule has 1 fully saturated rings. The van der Waals surface area contributed by atoms with Crippen molar-refractivity contribution in [2.45, 2.75) is 6.92 Å². The van der Waals surface area contributed by atoms with Crippen molar-refractivity contribution in [1.29, 1.82) is 0 Å². The molecule has 1 aliphatic rings. The molecule has 0 unspecified atom stereocenters. The van der Waals surface area contributed by atoms with Crippen molar-refractivity contribution in [1.82, 2.24) is 15.1 Å². The van der Waals surface area contributed by atoms with Crippen LogP contribution in [0.25, 0.3) is 11.3 Å². The monoisotopic (exact) mass is 471 g/mol. The molecule has 0 bridgehead atoms. The van der Waals surface area contributed by atoms with E-state index in [9.17, 15) is 4.79 Å². The second-order valence-corrected chi connectivity index (χ2v) is 8.11. The van der Waals surface area contributed by atoms with Gasteiger partial charge in [-0.25, -0.2) is 4.79 Å². The third-order valence-corrected chi connectivity index (χ3v) is 5.74. The van der Waals surface area contributed by atoms with E-state index in [4.69, 9.17) is 27.9 Å². The average Bonchev–Trinajstić information content (AvgIpc) is 2.82. The van der Waals surface area contributed by atoms with Crippen molar-refractivity contribution in [3.05, 3.63) is 64.6 Å². The van der Waals surface area contributed by atoms with Crippen LogP contribution in [0.4, 0.5) is 16.3 Å². The fraction of sp³-hybridized carbons (Fsp3) is 0.261. The Kier molecular flexibility index (Phi) is 6.97. The van der Waals surface area contributed by atoms with Crippen LogP contribution in [0.3, 0.4) is 0 Å². The molecule has 32 heavy (non-hydrogen) atoms. The van der Waals surface area contributed by atoms with Crippen LogP contribution in [0.1, 0.15) is 6.92 Å². The number of aromatic nitrogens is 2. The number of amides is 2. The summed E-state index contributed by atoms with van der Waals surface area (Å²) in [6, 6.07) is 16.5. The average molecular weight is 472 g/mol. The third kappa shape index (κ3) is 5.23. The van der Waals surface area contributed by atoms with Gasteiger partial charge in [-0.3, -0.25) is 0 Å². The molecule has 166 valence electrons. The van der Waals surface area contributed by atoms with Crippen LogP contribution in [0, 0.1) is 0 Å². The molecule has 1 N–H and O–H groups in total. The molecule has 0 radical (unpaired) electrons. The number of nitrogens with one attached hydrogen (secondary N) is 1. The molecule has 0 atom stereocenters. The van der Waals surface area contributed by atoms with Gasteiger partial charge in [0.15, 0.2) is 5.82 Å². The van der Waals surface area contributed by atoms with E-state index in [0.717, 1.165) is 22.8 Å². The van der Waals surface area contributed by atoms with Gasteiger partial charge in [-0.2, -0.15) is 0 Å². The highest BCUT2D eigenvalue weighted by Gasteiger charge is 2.23. The number of carbonyl (C=O) groups excluding carboxylic acids is 1. The maximum absolute atomic E-state index is 12.6. The Morgan fingerprint density at radius 3 is 2.41 bits per heavy atom. The zero-order chi connectivity index (χ0) is 22.5. The highest BCUT2D eigenvalue weighted by molar-refractivity contribution is 6.35. The second-order valence-electron chi connectivity index (χ2n) is 7.26. The number of halogens is 2. The lowest BCUT2D eigenvalue weighted by Gasteiger charge is -2.35. The van der Waals surface area contributed by atoms with E-state index in [2.05, 4.69) is 20.4 Å². The number of ether oxygens (including phenoxy) is 1. The van der Waals surface area contributed by atoms with Crippen LogP contribution >= 0.6 is 23.2 Å². The maximum atomic E-state index is 12.6. The second kappa shape index (κ2) is 10.1. The van der Waals surface area contributed by atoms with Crippen LogP contribution in [0.5, 0.6) is 5.75 Å². The molecule has 2 amide bonds. The summed E-state index contributed by atoms with van der Waals surface area (Å²) in [6.45, 7) is 5.04. The van der Waals surface area contributed by atoms with Crippen LogP contribution in [0.2, 0.25) is 10.0 Å². The minimum absolute atomic E-state index is 0.203. The van der Waals surface area contributed by atoms with Gasteiger partial charge in [-0.05, 0) is 61.5 Å². The molecular weight excluding hydrogens is 449 g/mol. The van der Waals surface area contributed by atoms with Crippen molar-refractivity contribution in [2.24, 2.45) is 0 Å². The van der Waals surface area contributed by atoms with Gasteiger partial charge < -0.3 is 19.9 Å². The number of anilines is 2. The van der Waals surface area contributed by atoms with E-state index < -0.39 is 0 Å². The lowest BCUT2D eigenvalue weighted by atomic mass is 10.1. The van der Waals surface area contributed by atoms with Gasteiger partial charge in [0, 0.05) is 36.8 Å². The first-order valence-corrected chi connectivity index (χ1v) is 11.1. The number of carbonyl (C=O) groups is 1. The number of urea groups is 1. The highest BCUT2D eigenvalue weighted by atomic mass is 35.5. The summed E-state index contributed by atoms with van der Waals surface area (Å²) in [5, 5.41) is 12.6. The highest BCUT2D eigenvalue weighted by Crippen LogP contribution is 2.26. The smallest absolute Gasteiger partial charge is 0.322 e. The largest absolute Gasteiger partial charge is 0.494 e. The van der Waals surface area contributed by atoms with Crippen LogP contribution in [-0.4, -0.2) is 53.9 Å². The van der Waals surface area contributed by atoms with E-state index in [0.29, 0.717) is 48.5 Å². The summed E-state index contributed by atoms with van der Waals surface area (Å²) < 4.78 is 5.48. The third-order valence-electron chi connectivity index (χ3n) is 5.17. The molecule has 0 aliphatic carbocycles. The summed E-state index contributed by atoms with van der Waals surface area (Å²) in [6.07, 6.45) is 0. The predicted molar refractivity (Wildman–Crippen MR) is 128 cm³/mol. The van der Waals surface area contributed by atoms with Gasteiger partial charge in [0.1, 0.15) is 5.75 Å². The van der Waals surface area contributed by atoms with Crippen molar-refractivity contribution in [3.63, 3.8) is 0 Å². The predicted octanol–water partition coefficient (Wildman–Crippen LogP) is 5.20. The normalized spacial score (nSPS) is 13.7. The summed E-state index contributed by atoms with van der Waals surface area (Å²) in [4.78, 5) is 16.5. The first kappa shape index (κ1) is 22.2. The zero-order valence-corrected chi connectivity index (χ0v) is 19.1. The fourth-order valence-corrected chi connectivity index (χ4v) is 3.80. The van der Waals surface area contributed by atoms with Crippen LogP contribution in [0.15, 0.2) is 54.6 Å². The van der Waals surface area contributed by atoms with Gasteiger partial charge in [0.25, 0.3) is 0 Å². The lowest BCUT2D eigenvalue weighted by Crippen LogP contribution is -2.50. The Labute approximate surface area is 196 Å². The number of rotatable bonds is 5. The van der Waals surface area contributed by atoms with Crippen molar-refractivity contribution in [3.8, 4) is 17.0 Å². The van der Waals surface area contributed by atoms with Gasteiger partial charge in [0.05, 0.1) is 23.0 Å². The molecule has 2 heterocycles. The van der Waals surface area contributed by atoms with Crippen molar-refractivity contribution >= 4 is 40.7 Å². The summed E-state index contributed by atoms with van der Waals surface area (Å²) in [5.41, 5.74) is 2.28. The standard InChI is InChI=1S/C23H23Cl2N5O2/c1-2-32-18-6-3-16(4-7-18)20-9-10-22(28-27-20)29-11-13-30(14-12-29)23(31)26-21-15-17(24)5-8-19(21)25/h3-10,15H,2,11-14H2,1H3,(H,26,31).